The molecular formula is C10H6BrF4NO3. The Morgan fingerprint density at radius 1 is 1.32 bits per heavy atom. The summed E-state index contributed by atoms with van der Waals surface area (Å²) in [4.78, 5) is 22.0. The van der Waals surface area contributed by atoms with Gasteiger partial charge in [0, 0.05) is 0 Å². The van der Waals surface area contributed by atoms with Gasteiger partial charge in [0.25, 0.3) is 0 Å². The number of rotatable bonds is 2. The SMILES string of the molecule is COC(=O)c1cc(F)cc(NC(=O)C(F)(F)F)c1Br. The van der Waals surface area contributed by atoms with Crippen molar-refractivity contribution < 1.29 is 31.9 Å². The minimum absolute atomic E-state index is 0.210. The van der Waals surface area contributed by atoms with Gasteiger partial charge in [-0.2, -0.15) is 13.2 Å². The Morgan fingerprint density at radius 3 is 2.37 bits per heavy atom. The van der Waals surface area contributed by atoms with E-state index in [9.17, 15) is 27.2 Å². The number of amides is 1. The first-order chi connectivity index (χ1) is 8.66. The molecule has 0 unspecified atom stereocenters. The number of anilines is 1. The quantitative estimate of drug-likeness (QED) is 0.663. The van der Waals surface area contributed by atoms with Crippen molar-refractivity contribution in [1.29, 1.82) is 0 Å². The number of halogens is 5. The van der Waals surface area contributed by atoms with Crippen molar-refractivity contribution in [3.63, 3.8) is 0 Å². The third kappa shape index (κ3) is 3.66. The van der Waals surface area contributed by atoms with E-state index in [2.05, 4.69) is 20.7 Å². The van der Waals surface area contributed by atoms with E-state index in [-0.39, 0.29) is 10.0 Å². The van der Waals surface area contributed by atoms with E-state index in [4.69, 9.17) is 0 Å². The van der Waals surface area contributed by atoms with Gasteiger partial charge >= 0.3 is 18.1 Å². The lowest BCUT2D eigenvalue weighted by Gasteiger charge is -2.12. The lowest BCUT2D eigenvalue weighted by Crippen LogP contribution is -2.30. The number of nitrogens with one attached hydrogen (secondary N) is 1. The fourth-order valence-corrected chi connectivity index (χ4v) is 1.62. The fraction of sp³-hybridized carbons (Fsp3) is 0.200. The van der Waals surface area contributed by atoms with Gasteiger partial charge in [0.15, 0.2) is 0 Å². The number of esters is 1. The lowest BCUT2D eigenvalue weighted by molar-refractivity contribution is -0.167. The summed E-state index contributed by atoms with van der Waals surface area (Å²) in [6.07, 6.45) is -5.13. The first-order valence-electron chi connectivity index (χ1n) is 4.62. The second-order valence-electron chi connectivity index (χ2n) is 3.26. The molecule has 0 spiro atoms. The van der Waals surface area contributed by atoms with Crippen LogP contribution in [0.1, 0.15) is 10.4 Å². The highest BCUT2D eigenvalue weighted by atomic mass is 79.9. The van der Waals surface area contributed by atoms with Crippen LogP contribution >= 0.6 is 15.9 Å². The zero-order chi connectivity index (χ0) is 14.8. The van der Waals surface area contributed by atoms with Crippen molar-refractivity contribution in [3.8, 4) is 0 Å². The Hall–Kier alpha value is -1.64. The molecule has 0 aliphatic rings. The Labute approximate surface area is 112 Å². The molecule has 1 N–H and O–H groups in total. The largest absolute Gasteiger partial charge is 0.471 e. The van der Waals surface area contributed by atoms with Crippen LogP contribution in [-0.2, 0) is 9.53 Å². The van der Waals surface area contributed by atoms with Gasteiger partial charge in [-0.15, -0.1) is 0 Å². The van der Waals surface area contributed by atoms with E-state index in [1.54, 1.807) is 0 Å². The molecule has 0 aliphatic carbocycles. The second kappa shape index (κ2) is 5.55. The number of alkyl halides is 3. The van der Waals surface area contributed by atoms with Crippen molar-refractivity contribution in [2.75, 3.05) is 12.4 Å². The number of carbonyl (C=O) groups is 2. The summed E-state index contributed by atoms with van der Waals surface area (Å²) < 4.78 is 53.5. The maximum Gasteiger partial charge on any atom is 0.471 e. The third-order valence-electron chi connectivity index (χ3n) is 1.95. The molecule has 1 aromatic carbocycles. The third-order valence-corrected chi connectivity index (χ3v) is 2.80. The highest BCUT2D eigenvalue weighted by Gasteiger charge is 2.39. The van der Waals surface area contributed by atoms with E-state index < -0.39 is 29.6 Å². The van der Waals surface area contributed by atoms with Gasteiger partial charge in [-0.05, 0) is 28.1 Å². The van der Waals surface area contributed by atoms with Crippen LogP contribution in [0.15, 0.2) is 16.6 Å². The molecule has 0 aromatic heterocycles. The van der Waals surface area contributed by atoms with Gasteiger partial charge in [0.05, 0.1) is 22.8 Å². The molecule has 0 saturated heterocycles. The molecule has 1 rings (SSSR count). The molecule has 0 aliphatic heterocycles. The lowest BCUT2D eigenvalue weighted by atomic mass is 10.2. The summed E-state index contributed by atoms with van der Waals surface area (Å²) in [6, 6.07) is 1.40. The molecule has 0 heterocycles. The van der Waals surface area contributed by atoms with Gasteiger partial charge in [-0.3, -0.25) is 4.79 Å². The Bertz CT molecular complexity index is 530. The Kier molecular flexibility index (Phi) is 4.51. The molecular weight excluding hydrogens is 338 g/mol. The highest BCUT2D eigenvalue weighted by molar-refractivity contribution is 9.10. The number of methoxy groups -OCH3 is 1. The van der Waals surface area contributed by atoms with E-state index in [1.165, 1.54) is 5.32 Å². The maximum absolute atomic E-state index is 13.2. The minimum atomic E-state index is -5.13. The van der Waals surface area contributed by atoms with Gasteiger partial charge in [-0.1, -0.05) is 0 Å². The summed E-state index contributed by atoms with van der Waals surface area (Å²) >= 11 is 2.80. The summed E-state index contributed by atoms with van der Waals surface area (Å²) in [5, 5.41) is 1.45. The molecule has 0 fully saturated rings. The molecule has 0 atom stereocenters. The fourth-order valence-electron chi connectivity index (χ4n) is 1.13. The predicted molar refractivity (Wildman–Crippen MR) is 60.1 cm³/mol. The number of benzene rings is 1. The zero-order valence-corrected chi connectivity index (χ0v) is 10.9. The topological polar surface area (TPSA) is 55.4 Å². The van der Waals surface area contributed by atoms with Crippen LogP contribution < -0.4 is 5.32 Å². The van der Waals surface area contributed by atoms with Crippen LogP contribution in [0.4, 0.5) is 23.2 Å². The highest BCUT2D eigenvalue weighted by Crippen LogP contribution is 2.30. The smallest absolute Gasteiger partial charge is 0.465 e. The maximum atomic E-state index is 13.2. The Balaban J connectivity index is 3.19. The molecule has 104 valence electrons. The minimum Gasteiger partial charge on any atom is -0.465 e. The molecule has 19 heavy (non-hydrogen) atoms. The van der Waals surface area contributed by atoms with Crippen molar-refractivity contribution in [2.24, 2.45) is 0 Å². The predicted octanol–water partition coefficient (Wildman–Crippen LogP) is 2.88. The van der Waals surface area contributed by atoms with Crippen molar-refractivity contribution in [3.05, 3.63) is 28.0 Å². The standard InChI is InChI=1S/C10H6BrF4NO3/c1-19-8(17)5-2-4(12)3-6(7(5)11)16-9(18)10(13,14)15/h2-3H,1H3,(H,16,18). The summed E-state index contributed by atoms with van der Waals surface area (Å²) in [5.41, 5.74) is -0.873. The van der Waals surface area contributed by atoms with Gasteiger partial charge < -0.3 is 10.1 Å². The van der Waals surface area contributed by atoms with E-state index >= 15 is 0 Å². The van der Waals surface area contributed by atoms with Crippen molar-refractivity contribution in [1.82, 2.24) is 0 Å². The van der Waals surface area contributed by atoms with Gasteiger partial charge in [-0.25, -0.2) is 9.18 Å². The van der Waals surface area contributed by atoms with Crippen LogP contribution in [-0.4, -0.2) is 25.2 Å². The van der Waals surface area contributed by atoms with Crippen LogP contribution in [0.25, 0.3) is 0 Å². The van der Waals surface area contributed by atoms with Crippen LogP contribution in [0.2, 0.25) is 0 Å². The first kappa shape index (κ1) is 15.4. The molecule has 9 heteroatoms. The first-order valence-corrected chi connectivity index (χ1v) is 5.41. The average molecular weight is 344 g/mol. The average Bonchev–Trinajstić information content (AvgIpc) is 2.31. The molecule has 4 nitrogen and oxygen atoms in total. The van der Waals surface area contributed by atoms with Crippen LogP contribution in [0, 0.1) is 5.82 Å². The molecule has 0 bridgehead atoms. The molecule has 1 aromatic rings. The molecule has 0 saturated carbocycles. The summed E-state index contributed by atoms with van der Waals surface area (Å²) in [7, 11) is 1.02. The van der Waals surface area contributed by atoms with Crippen molar-refractivity contribution >= 4 is 33.5 Å². The van der Waals surface area contributed by atoms with E-state index in [0.29, 0.717) is 6.07 Å². The van der Waals surface area contributed by atoms with Gasteiger partial charge in [0.1, 0.15) is 5.82 Å². The van der Waals surface area contributed by atoms with E-state index in [1.807, 2.05) is 0 Å². The number of ether oxygens (including phenoxy) is 1. The second-order valence-corrected chi connectivity index (χ2v) is 4.05. The number of carbonyl (C=O) groups excluding carboxylic acids is 2. The molecule has 1 amide bonds. The van der Waals surface area contributed by atoms with E-state index in [0.717, 1.165) is 13.2 Å². The summed E-state index contributed by atoms with van der Waals surface area (Å²) in [6.45, 7) is 0. The van der Waals surface area contributed by atoms with Crippen LogP contribution in [0.3, 0.4) is 0 Å². The van der Waals surface area contributed by atoms with Crippen LogP contribution in [0.5, 0.6) is 0 Å². The van der Waals surface area contributed by atoms with Gasteiger partial charge in [0.2, 0.25) is 0 Å². The number of hydrogen-bond donors (Lipinski definition) is 1. The summed E-state index contributed by atoms with van der Waals surface area (Å²) in [5.74, 6) is -4.25. The normalized spacial score (nSPS) is 11.1. The Morgan fingerprint density at radius 2 is 1.89 bits per heavy atom. The van der Waals surface area contributed by atoms with Crippen molar-refractivity contribution in [2.45, 2.75) is 6.18 Å². The number of hydrogen-bond acceptors (Lipinski definition) is 3. The molecule has 0 radical (unpaired) electrons. The zero-order valence-electron chi connectivity index (χ0n) is 9.27. The monoisotopic (exact) mass is 343 g/mol.